The van der Waals surface area contributed by atoms with Gasteiger partial charge in [-0.05, 0) is 24.6 Å². The molecule has 21 heavy (non-hydrogen) atoms. The summed E-state index contributed by atoms with van der Waals surface area (Å²) in [6, 6.07) is 6.62. The van der Waals surface area contributed by atoms with Crippen LogP contribution >= 0.6 is 0 Å². The van der Waals surface area contributed by atoms with Gasteiger partial charge in [0.25, 0.3) is 5.91 Å². The Morgan fingerprint density at radius 2 is 1.95 bits per heavy atom. The highest BCUT2D eigenvalue weighted by Gasteiger charge is 2.31. The lowest BCUT2D eigenvalue weighted by Crippen LogP contribution is -2.38. The van der Waals surface area contributed by atoms with Crippen molar-refractivity contribution in [3.05, 3.63) is 29.8 Å². The minimum atomic E-state index is -4.20. The van der Waals surface area contributed by atoms with Gasteiger partial charge in [0.2, 0.25) is 0 Å². The van der Waals surface area contributed by atoms with Gasteiger partial charge in [0, 0.05) is 37.4 Å². The van der Waals surface area contributed by atoms with Crippen molar-refractivity contribution in [1.82, 2.24) is 9.80 Å². The number of hydrogen-bond acceptors (Lipinski definition) is 3. The molecule has 0 aliphatic carbocycles. The predicted octanol–water partition coefficient (Wildman–Crippen LogP) is 1.98. The third-order valence-electron chi connectivity index (χ3n) is 3.41. The average Bonchev–Trinajstić information content (AvgIpc) is 2.61. The second-order valence-corrected chi connectivity index (χ2v) is 5.16. The van der Waals surface area contributed by atoms with E-state index in [0.717, 1.165) is 0 Å². The lowest BCUT2D eigenvalue weighted by molar-refractivity contribution is -0.145. The molecule has 0 atom stereocenters. The highest BCUT2D eigenvalue weighted by Crippen LogP contribution is 2.18. The Balaban J connectivity index is 1.98. The SMILES string of the molecule is Nc1cccc(C(=O)N2CCCN(CC(F)(F)F)CC2)c1. The Morgan fingerprint density at radius 1 is 1.19 bits per heavy atom. The summed E-state index contributed by atoms with van der Waals surface area (Å²) in [5.41, 5.74) is 6.61. The lowest BCUT2D eigenvalue weighted by Gasteiger charge is -2.23. The molecule has 1 aromatic rings. The van der Waals surface area contributed by atoms with Crippen LogP contribution in [0.4, 0.5) is 18.9 Å². The molecule has 2 rings (SSSR count). The molecule has 1 saturated heterocycles. The quantitative estimate of drug-likeness (QED) is 0.850. The maximum atomic E-state index is 12.4. The molecule has 1 aromatic carbocycles. The van der Waals surface area contributed by atoms with Crippen molar-refractivity contribution in [2.45, 2.75) is 12.6 Å². The first-order chi connectivity index (χ1) is 9.85. The number of nitrogens with two attached hydrogens (primary N) is 1. The molecular weight excluding hydrogens is 283 g/mol. The van der Waals surface area contributed by atoms with E-state index in [4.69, 9.17) is 5.73 Å². The number of hydrogen-bond donors (Lipinski definition) is 1. The molecule has 1 heterocycles. The summed E-state index contributed by atoms with van der Waals surface area (Å²) in [6.07, 6.45) is -3.67. The van der Waals surface area contributed by atoms with Gasteiger partial charge in [0.15, 0.2) is 0 Å². The fourth-order valence-corrected chi connectivity index (χ4v) is 2.44. The topological polar surface area (TPSA) is 49.6 Å². The second kappa shape index (κ2) is 6.34. The highest BCUT2D eigenvalue weighted by molar-refractivity contribution is 5.95. The van der Waals surface area contributed by atoms with Crippen molar-refractivity contribution in [3.8, 4) is 0 Å². The van der Waals surface area contributed by atoms with Gasteiger partial charge in [-0.1, -0.05) is 6.07 Å². The smallest absolute Gasteiger partial charge is 0.399 e. The number of halogens is 3. The van der Waals surface area contributed by atoms with Gasteiger partial charge < -0.3 is 10.6 Å². The molecule has 7 heteroatoms. The zero-order valence-corrected chi connectivity index (χ0v) is 11.6. The third-order valence-corrected chi connectivity index (χ3v) is 3.41. The van der Waals surface area contributed by atoms with Crippen LogP contribution in [0.1, 0.15) is 16.8 Å². The minimum Gasteiger partial charge on any atom is -0.399 e. The highest BCUT2D eigenvalue weighted by atomic mass is 19.4. The molecule has 4 nitrogen and oxygen atoms in total. The van der Waals surface area contributed by atoms with Gasteiger partial charge in [-0.15, -0.1) is 0 Å². The van der Waals surface area contributed by atoms with Crippen LogP contribution in [0.5, 0.6) is 0 Å². The molecule has 1 aliphatic heterocycles. The minimum absolute atomic E-state index is 0.184. The summed E-state index contributed by atoms with van der Waals surface area (Å²) >= 11 is 0. The van der Waals surface area contributed by atoms with Gasteiger partial charge in [0.1, 0.15) is 0 Å². The van der Waals surface area contributed by atoms with E-state index in [2.05, 4.69) is 0 Å². The summed E-state index contributed by atoms with van der Waals surface area (Å²) in [6.45, 7) is 0.410. The number of rotatable bonds is 2. The number of nitrogen functional groups attached to an aromatic ring is 1. The Morgan fingerprint density at radius 3 is 2.62 bits per heavy atom. The van der Waals surface area contributed by atoms with Gasteiger partial charge in [0.05, 0.1) is 6.54 Å². The van der Waals surface area contributed by atoms with Gasteiger partial charge in [-0.25, -0.2) is 0 Å². The van der Waals surface area contributed by atoms with E-state index in [0.29, 0.717) is 37.3 Å². The van der Waals surface area contributed by atoms with Crippen LogP contribution in [0, 0.1) is 0 Å². The van der Waals surface area contributed by atoms with E-state index in [1.54, 1.807) is 29.2 Å². The van der Waals surface area contributed by atoms with Crippen LogP contribution in [-0.2, 0) is 0 Å². The van der Waals surface area contributed by atoms with Crippen LogP contribution in [0.3, 0.4) is 0 Å². The number of benzene rings is 1. The lowest BCUT2D eigenvalue weighted by atomic mass is 10.1. The summed E-state index contributed by atoms with van der Waals surface area (Å²) in [5, 5.41) is 0. The maximum Gasteiger partial charge on any atom is 0.401 e. The first kappa shape index (κ1) is 15.6. The number of anilines is 1. The van der Waals surface area contributed by atoms with E-state index in [-0.39, 0.29) is 12.5 Å². The van der Waals surface area contributed by atoms with E-state index < -0.39 is 12.7 Å². The monoisotopic (exact) mass is 301 g/mol. The molecule has 0 saturated carbocycles. The molecule has 1 fully saturated rings. The fraction of sp³-hybridized carbons (Fsp3) is 0.500. The fourth-order valence-electron chi connectivity index (χ4n) is 2.44. The summed E-state index contributed by atoms with van der Waals surface area (Å²) in [5.74, 6) is -0.184. The number of carbonyl (C=O) groups is 1. The summed E-state index contributed by atoms with van der Waals surface area (Å²) in [4.78, 5) is 15.3. The second-order valence-electron chi connectivity index (χ2n) is 5.16. The van der Waals surface area contributed by atoms with Crippen molar-refractivity contribution in [3.63, 3.8) is 0 Å². The molecule has 0 radical (unpaired) electrons. The van der Waals surface area contributed by atoms with E-state index in [1.165, 1.54) is 4.90 Å². The molecule has 0 bridgehead atoms. The predicted molar refractivity (Wildman–Crippen MR) is 73.9 cm³/mol. The van der Waals surface area contributed by atoms with E-state index >= 15 is 0 Å². The molecule has 0 spiro atoms. The van der Waals surface area contributed by atoms with Crippen molar-refractivity contribution in [1.29, 1.82) is 0 Å². The number of nitrogens with zero attached hydrogens (tertiary/aromatic N) is 2. The molecule has 0 aromatic heterocycles. The van der Waals surface area contributed by atoms with E-state index in [1.807, 2.05) is 0 Å². The molecule has 116 valence electrons. The van der Waals surface area contributed by atoms with Crippen molar-refractivity contribution in [2.75, 3.05) is 38.5 Å². The molecule has 1 aliphatic rings. The maximum absolute atomic E-state index is 12.4. The molecular formula is C14H18F3N3O. The molecule has 2 N–H and O–H groups in total. The standard InChI is InChI=1S/C14H18F3N3O/c15-14(16,17)10-19-5-2-6-20(8-7-19)13(21)11-3-1-4-12(18)9-11/h1,3-4,9H,2,5-8,10,18H2. The van der Waals surface area contributed by atoms with Crippen LogP contribution in [0.2, 0.25) is 0 Å². The van der Waals surface area contributed by atoms with Crippen molar-refractivity contribution >= 4 is 11.6 Å². The molecule has 1 amide bonds. The summed E-state index contributed by atoms with van der Waals surface area (Å²) < 4.78 is 37.2. The Bertz CT molecular complexity index is 504. The van der Waals surface area contributed by atoms with Crippen LogP contribution < -0.4 is 5.73 Å². The Hall–Kier alpha value is -1.76. The van der Waals surface area contributed by atoms with Gasteiger partial charge >= 0.3 is 6.18 Å². The van der Waals surface area contributed by atoms with Crippen molar-refractivity contribution in [2.24, 2.45) is 0 Å². The average molecular weight is 301 g/mol. The number of amides is 1. The zero-order valence-electron chi connectivity index (χ0n) is 11.6. The normalized spacial score (nSPS) is 17.6. The number of alkyl halides is 3. The largest absolute Gasteiger partial charge is 0.401 e. The Labute approximate surface area is 121 Å². The first-order valence-corrected chi connectivity index (χ1v) is 6.79. The zero-order chi connectivity index (χ0) is 15.5. The third kappa shape index (κ3) is 4.63. The van der Waals surface area contributed by atoms with Crippen LogP contribution in [-0.4, -0.2) is 54.6 Å². The van der Waals surface area contributed by atoms with Gasteiger partial charge in [-0.3, -0.25) is 9.69 Å². The van der Waals surface area contributed by atoms with Crippen LogP contribution in [0.15, 0.2) is 24.3 Å². The van der Waals surface area contributed by atoms with E-state index in [9.17, 15) is 18.0 Å². The molecule has 0 unspecified atom stereocenters. The van der Waals surface area contributed by atoms with Gasteiger partial charge in [-0.2, -0.15) is 13.2 Å². The first-order valence-electron chi connectivity index (χ1n) is 6.79. The van der Waals surface area contributed by atoms with Crippen LogP contribution in [0.25, 0.3) is 0 Å². The number of carbonyl (C=O) groups excluding carboxylic acids is 1. The summed E-state index contributed by atoms with van der Waals surface area (Å²) in [7, 11) is 0. The van der Waals surface area contributed by atoms with Crippen molar-refractivity contribution < 1.29 is 18.0 Å². The Kier molecular flexibility index (Phi) is 4.72.